The number of carbonyl (C=O) groups excluding carboxylic acids is 2. The van der Waals surface area contributed by atoms with Gasteiger partial charge in [-0.25, -0.2) is 0 Å². The van der Waals surface area contributed by atoms with Gasteiger partial charge in [0.25, 0.3) is 5.91 Å². The quantitative estimate of drug-likeness (QED) is 0.747. The summed E-state index contributed by atoms with van der Waals surface area (Å²) in [7, 11) is 0. The molecule has 0 bridgehead atoms. The maximum absolute atomic E-state index is 12.1. The molecule has 0 saturated carbocycles. The summed E-state index contributed by atoms with van der Waals surface area (Å²) in [6.45, 7) is 0.818. The van der Waals surface area contributed by atoms with Gasteiger partial charge in [-0.1, -0.05) is 30.3 Å². The number of ether oxygens (including phenoxy) is 2. The number of anilines is 1. The number of hydrogen-bond donors (Lipinski definition) is 2. The molecule has 3 rings (SSSR count). The Labute approximate surface area is 152 Å². The second kappa shape index (κ2) is 8.49. The van der Waals surface area contributed by atoms with Crippen LogP contribution in [0.2, 0.25) is 0 Å². The fourth-order valence-electron chi connectivity index (χ4n) is 2.83. The maximum Gasteiger partial charge on any atom is 0.254 e. The Kier molecular flexibility index (Phi) is 5.86. The van der Waals surface area contributed by atoms with Gasteiger partial charge in [-0.05, 0) is 36.6 Å². The topological polar surface area (TPSA) is 90.7 Å². The van der Waals surface area contributed by atoms with Crippen LogP contribution >= 0.6 is 0 Å². The summed E-state index contributed by atoms with van der Waals surface area (Å²) in [5.41, 5.74) is 7.92. The number of primary amides is 1. The summed E-state index contributed by atoms with van der Waals surface area (Å²) in [4.78, 5) is 23.1. The predicted molar refractivity (Wildman–Crippen MR) is 97.7 cm³/mol. The van der Waals surface area contributed by atoms with Gasteiger partial charge in [0.1, 0.15) is 11.9 Å². The fourth-order valence-corrected chi connectivity index (χ4v) is 2.83. The molecule has 2 amide bonds. The highest BCUT2D eigenvalue weighted by Gasteiger charge is 2.26. The second-order valence-electron chi connectivity index (χ2n) is 6.22. The molecule has 1 atom stereocenters. The van der Waals surface area contributed by atoms with Crippen molar-refractivity contribution in [1.29, 1.82) is 0 Å². The molecule has 0 aliphatic carbocycles. The number of nitrogens with two attached hydrogens (primary N) is 1. The van der Waals surface area contributed by atoms with Crippen LogP contribution in [-0.2, 0) is 27.4 Å². The van der Waals surface area contributed by atoms with Crippen LogP contribution in [0, 0.1) is 0 Å². The van der Waals surface area contributed by atoms with Crippen molar-refractivity contribution in [2.45, 2.75) is 32.0 Å². The zero-order chi connectivity index (χ0) is 18.4. The van der Waals surface area contributed by atoms with Crippen LogP contribution < -0.4 is 15.8 Å². The van der Waals surface area contributed by atoms with Crippen molar-refractivity contribution < 1.29 is 19.1 Å². The minimum atomic E-state index is -0.866. The molecule has 0 fully saturated rings. The molecule has 6 heteroatoms. The van der Waals surface area contributed by atoms with Gasteiger partial charge >= 0.3 is 0 Å². The van der Waals surface area contributed by atoms with E-state index in [1.807, 2.05) is 30.3 Å². The zero-order valence-corrected chi connectivity index (χ0v) is 14.4. The Hall–Kier alpha value is -2.86. The summed E-state index contributed by atoms with van der Waals surface area (Å²) in [6, 6.07) is 15.7. The molecule has 6 nitrogen and oxygen atoms in total. The van der Waals surface area contributed by atoms with E-state index in [-0.39, 0.29) is 18.9 Å². The van der Waals surface area contributed by atoms with Crippen molar-refractivity contribution in [3.8, 4) is 5.75 Å². The van der Waals surface area contributed by atoms with Crippen molar-refractivity contribution in [2.75, 3.05) is 11.9 Å². The zero-order valence-electron chi connectivity index (χ0n) is 14.4. The SMILES string of the molecule is NC(=O)CC1OCc2cc(OCCCc3ccccc3)ccc2NC1=O. The van der Waals surface area contributed by atoms with Crippen molar-refractivity contribution in [3.05, 3.63) is 59.7 Å². The summed E-state index contributed by atoms with van der Waals surface area (Å²) in [5.74, 6) is -0.208. The van der Waals surface area contributed by atoms with Crippen molar-refractivity contribution >= 4 is 17.5 Å². The van der Waals surface area contributed by atoms with Crippen molar-refractivity contribution in [3.63, 3.8) is 0 Å². The summed E-state index contributed by atoms with van der Waals surface area (Å²) in [5, 5.41) is 2.77. The van der Waals surface area contributed by atoms with Crippen molar-refractivity contribution in [2.24, 2.45) is 5.73 Å². The van der Waals surface area contributed by atoms with Gasteiger partial charge in [-0.15, -0.1) is 0 Å². The fraction of sp³-hybridized carbons (Fsp3) is 0.300. The molecular weight excluding hydrogens is 332 g/mol. The van der Waals surface area contributed by atoms with Gasteiger partial charge in [0, 0.05) is 11.3 Å². The summed E-state index contributed by atoms with van der Waals surface area (Å²) in [6.07, 6.45) is 0.868. The molecule has 0 radical (unpaired) electrons. The Morgan fingerprint density at radius 2 is 2.04 bits per heavy atom. The standard InChI is InChI=1S/C20H22N2O4/c21-19(23)12-18-20(24)22-17-9-8-16(11-15(17)13-26-18)25-10-4-7-14-5-2-1-3-6-14/h1-3,5-6,8-9,11,18H,4,7,10,12-13H2,(H2,21,23)(H,22,24). The number of benzene rings is 2. The molecule has 2 aromatic carbocycles. The number of hydrogen-bond acceptors (Lipinski definition) is 4. The average Bonchev–Trinajstić information content (AvgIpc) is 2.78. The average molecular weight is 354 g/mol. The molecule has 0 aromatic heterocycles. The smallest absolute Gasteiger partial charge is 0.254 e. The molecular formula is C20H22N2O4. The maximum atomic E-state index is 12.1. The Balaban J connectivity index is 1.55. The molecule has 0 spiro atoms. The number of carbonyl (C=O) groups is 2. The lowest BCUT2D eigenvalue weighted by atomic mass is 10.1. The largest absolute Gasteiger partial charge is 0.494 e. The van der Waals surface area contributed by atoms with E-state index in [0.717, 1.165) is 24.2 Å². The second-order valence-corrected chi connectivity index (χ2v) is 6.22. The highest BCUT2D eigenvalue weighted by Crippen LogP contribution is 2.26. The Bertz CT molecular complexity index is 777. The lowest BCUT2D eigenvalue weighted by Gasteiger charge is -2.10. The van der Waals surface area contributed by atoms with Crippen LogP contribution in [0.25, 0.3) is 0 Å². The van der Waals surface area contributed by atoms with E-state index in [1.165, 1.54) is 5.56 Å². The predicted octanol–water partition coefficient (Wildman–Crippen LogP) is 2.41. The first-order chi connectivity index (χ1) is 12.6. The van der Waals surface area contributed by atoms with E-state index in [4.69, 9.17) is 15.2 Å². The first-order valence-electron chi connectivity index (χ1n) is 8.62. The van der Waals surface area contributed by atoms with Crippen LogP contribution in [0.15, 0.2) is 48.5 Å². The molecule has 136 valence electrons. The van der Waals surface area contributed by atoms with Gasteiger partial charge in [0.15, 0.2) is 0 Å². The van der Waals surface area contributed by atoms with Gasteiger partial charge < -0.3 is 20.5 Å². The summed E-state index contributed by atoms with van der Waals surface area (Å²) < 4.78 is 11.3. The third kappa shape index (κ3) is 4.83. The van der Waals surface area contributed by atoms with Crippen molar-refractivity contribution in [1.82, 2.24) is 0 Å². The highest BCUT2D eigenvalue weighted by atomic mass is 16.5. The van der Waals surface area contributed by atoms with Gasteiger partial charge in [0.2, 0.25) is 5.91 Å². The monoisotopic (exact) mass is 354 g/mol. The lowest BCUT2D eigenvalue weighted by molar-refractivity contribution is -0.133. The Morgan fingerprint density at radius 3 is 2.81 bits per heavy atom. The van der Waals surface area contributed by atoms with E-state index in [2.05, 4.69) is 17.4 Å². The molecule has 1 aliphatic heterocycles. The molecule has 2 aromatic rings. The van der Waals surface area contributed by atoms with Gasteiger partial charge in [-0.3, -0.25) is 9.59 Å². The highest BCUT2D eigenvalue weighted by molar-refractivity contribution is 5.97. The molecule has 0 saturated heterocycles. The van der Waals surface area contributed by atoms with Crippen LogP contribution in [0.4, 0.5) is 5.69 Å². The van der Waals surface area contributed by atoms with E-state index in [0.29, 0.717) is 12.3 Å². The van der Waals surface area contributed by atoms with Gasteiger partial charge in [0.05, 0.1) is 19.6 Å². The minimum Gasteiger partial charge on any atom is -0.494 e. The van der Waals surface area contributed by atoms with Crippen LogP contribution in [0.1, 0.15) is 24.0 Å². The number of rotatable bonds is 7. The Morgan fingerprint density at radius 1 is 1.23 bits per heavy atom. The van der Waals surface area contributed by atoms with E-state index >= 15 is 0 Å². The lowest BCUT2D eigenvalue weighted by Crippen LogP contribution is -2.32. The molecule has 3 N–H and O–H groups in total. The number of aryl methyl sites for hydroxylation is 1. The first-order valence-corrected chi connectivity index (χ1v) is 8.62. The molecule has 26 heavy (non-hydrogen) atoms. The normalized spacial score (nSPS) is 16.3. The number of amides is 2. The molecule has 1 unspecified atom stereocenters. The molecule has 1 heterocycles. The third-order valence-electron chi connectivity index (χ3n) is 4.17. The third-order valence-corrected chi connectivity index (χ3v) is 4.17. The summed E-state index contributed by atoms with van der Waals surface area (Å²) >= 11 is 0. The van der Waals surface area contributed by atoms with Gasteiger partial charge in [-0.2, -0.15) is 0 Å². The number of fused-ring (bicyclic) bond motifs is 1. The van der Waals surface area contributed by atoms with E-state index < -0.39 is 12.0 Å². The van der Waals surface area contributed by atoms with E-state index in [1.54, 1.807) is 6.07 Å². The molecule has 1 aliphatic rings. The van der Waals surface area contributed by atoms with Crippen LogP contribution in [0.3, 0.4) is 0 Å². The first kappa shape index (κ1) is 17.9. The van der Waals surface area contributed by atoms with Crippen LogP contribution in [0.5, 0.6) is 5.75 Å². The van der Waals surface area contributed by atoms with Crippen LogP contribution in [-0.4, -0.2) is 24.5 Å². The van der Waals surface area contributed by atoms with E-state index in [9.17, 15) is 9.59 Å². The minimum absolute atomic E-state index is 0.136. The number of nitrogens with one attached hydrogen (secondary N) is 1.